The van der Waals surface area contributed by atoms with Gasteiger partial charge in [-0.1, -0.05) is 38.5 Å². The van der Waals surface area contributed by atoms with Crippen LogP contribution < -0.4 is 0 Å². The van der Waals surface area contributed by atoms with Crippen LogP contribution in [0.3, 0.4) is 0 Å². The molecular formula is C13H18O3S. The minimum atomic E-state index is -3.47. The van der Waals surface area contributed by atoms with E-state index in [4.69, 9.17) is 0 Å². The third-order valence-corrected chi connectivity index (χ3v) is 4.36. The van der Waals surface area contributed by atoms with Crippen LogP contribution >= 0.6 is 0 Å². The monoisotopic (exact) mass is 254 g/mol. The molecule has 0 aliphatic carbocycles. The summed E-state index contributed by atoms with van der Waals surface area (Å²) in [6.45, 7) is 3.77. The predicted octanol–water partition coefficient (Wildman–Crippen LogP) is 2.47. The Labute approximate surface area is 103 Å². The molecule has 0 aliphatic heterocycles. The SMILES string of the molecule is CCC[C@@H](C)C(=O)CS(=O)(=O)c1ccccc1. The van der Waals surface area contributed by atoms with E-state index in [1.807, 2.05) is 6.92 Å². The number of carbonyl (C=O) groups is 1. The third-order valence-electron chi connectivity index (χ3n) is 2.71. The smallest absolute Gasteiger partial charge is 0.185 e. The minimum absolute atomic E-state index is 0.182. The molecule has 1 atom stereocenters. The van der Waals surface area contributed by atoms with Crippen molar-refractivity contribution in [3.05, 3.63) is 30.3 Å². The van der Waals surface area contributed by atoms with E-state index in [0.29, 0.717) is 0 Å². The first-order valence-corrected chi connectivity index (χ1v) is 7.43. The average molecular weight is 254 g/mol. The van der Waals surface area contributed by atoms with E-state index < -0.39 is 15.6 Å². The molecule has 0 amide bonds. The maximum atomic E-state index is 11.9. The first kappa shape index (κ1) is 13.9. The highest BCUT2D eigenvalue weighted by Crippen LogP contribution is 2.14. The maximum Gasteiger partial charge on any atom is 0.185 e. The van der Waals surface area contributed by atoms with Gasteiger partial charge in [-0.3, -0.25) is 4.79 Å². The highest BCUT2D eigenvalue weighted by atomic mass is 32.2. The molecule has 0 spiro atoms. The van der Waals surface area contributed by atoms with Gasteiger partial charge in [0.2, 0.25) is 0 Å². The van der Waals surface area contributed by atoms with E-state index in [1.54, 1.807) is 25.1 Å². The van der Waals surface area contributed by atoms with E-state index >= 15 is 0 Å². The van der Waals surface area contributed by atoms with Gasteiger partial charge >= 0.3 is 0 Å². The fraction of sp³-hybridized carbons (Fsp3) is 0.462. The Bertz CT molecular complexity index is 463. The fourth-order valence-corrected chi connectivity index (χ4v) is 3.03. The molecule has 0 N–H and O–H groups in total. The Hall–Kier alpha value is -1.16. The Morgan fingerprint density at radius 1 is 1.24 bits per heavy atom. The molecule has 94 valence electrons. The highest BCUT2D eigenvalue weighted by molar-refractivity contribution is 7.92. The van der Waals surface area contributed by atoms with E-state index in [2.05, 4.69) is 0 Å². The van der Waals surface area contributed by atoms with Gasteiger partial charge < -0.3 is 0 Å². The topological polar surface area (TPSA) is 51.2 Å². The Morgan fingerprint density at radius 2 is 1.82 bits per heavy atom. The first-order chi connectivity index (χ1) is 7.97. The summed E-state index contributed by atoms with van der Waals surface area (Å²) >= 11 is 0. The van der Waals surface area contributed by atoms with Crippen LogP contribution in [0.2, 0.25) is 0 Å². The molecule has 4 heteroatoms. The molecule has 0 radical (unpaired) electrons. The summed E-state index contributed by atoms with van der Waals surface area (Å²) in [5.41, 5.74) is 0. The number of sulfone groups is 1. The first-order valence-electron chi connectivity index (χ1n) is 5.78. The number of benzene rings is 1. The van der Waals surface area contributed by atoms with Crippen molar-refractivity contribution in [2.45, 2.75) is 31.6 Å². The number of rotatable bonds is 6. The lowest BCUT2D eigenvalue weighted by Crippen LogP contribution is -2.22. The number of ketones is 1. The van der Waals surface area contributed by atoms with Gasteiger partial charge in [0.15, 0.2) is 15.6 Å². The zero-order valence-corrected chi connectivity index (χ0v) is 11.0. The zero-order valence-electron chi connectivity index (χ0n) is 10.2. The molecule has 0 aromatic heterocycles. The van der Waals surface area contributed by atoms with Crippen LogP contribution in [-0.4, -0.2) is 20.0 Å². The average Bonchev–Trinajstić information content (AvgIpc) is 2.30. The van der Waals surface area contributed by atoms with Gasteiger partial charge in [0.05, 0.1) is 4.90 Å². The van der Waals surface area contributed by atoms with Crippen molar-refractivity contribution < 1.29 is 13.2 Å². The zero-order chi connectivity index (χ0) is 12.9. The molecule has 1 rings (SSSR count). The van der Waals surface area contributed by atoms with Crippen LogP contribution in [0.25, 0.3) is 0 Å². The predicted molar refractivity (Wildman–Crippen MR) is 67.6 cm³/mol. The van der Waals surface area contributed by atoms with Gasteiger partial charge in [0, 0.05) is 5.92 Å². The van der Waals surface area contributed by atoms with Gasteiger partial charge in [-0.15, -0.1) is 0 Å². The van der Waals surface area contributed by atoms with Crippen molar-refractivity contribution in [1.82, 2.24) is 0 Å². The van der Waals surface area contributed by atoms with E-state index in [-0.39, 0.29) is 16.6 Å². The molecule has 17 heavy (non-hydrogen) atoms. The summed E-state index contributed by atoms with van der Waals surface area (Å²) < 4.78 is 23.9. The summed E-state index contributed by atoms with van der Waals surface area (Å²) in [6.07, 6.45) is 1.63. The van der Waals surface area contributed by atoms with Gasteiger partial charge in [0.25, 0.3) is 0 Å². The van der Waals surface area contributed by atoms with E-state index in [9.17, 15) is 13.2 Å². The van der Waals surface area contributed by atoms with Crippen LogP contribution in [0.5, 0.6) is 0 Å². The van der Waals surface area contributed by atoms with Gasteiger partial charge in [-0.25, -0.2) is 8.42 Å². The molecule has 0 saturated carbocycles. The van der Waals surface area contributed by atoms with Gasteiger partial charge in [-0.05, 0) is 18.6 Å². The number of Topliss-reactive ketones (excluding diaryl/α,β-unsaturated/α-hetero) is 1. The molecule has 0 fully saturated rings. The Morgan fingerprint density at radius 3 is 2.35 bits per heavy atom. The fourth-order valence-electron chi connectivity index (χ4n) is 1.63. The molecule has 0 heterocycles. The Kier molecular flexibility index (Phi) is 4.87. The molecule has 0 saturated heterocycles. The largest absolute Gasteiger partial charge is 0.298 e. The lowest BCUT2D eigenvalue weighted by molar-refractivity contribution is -0.120. The molecule has 0 aliphatic rings. The van der Waals surface area contributed by atoms with Crippen molar-refractivity contribution in [2.24, 2.45) is 5.92 Å². The molecule has 0 unspecified atom stereocenters. The van der Waals surface area contributed by atoms with Crippen molar-refractivity contribution >= 4 is 15.6 Å². The van der Waals surface area contributed by atoms with Crippen molar-refractivity contribution in [2.75, 3.05) is 5.75 Å². The molecule has 1 aromatic carbocycles. The summed E-state index contributed by atoms with van der Waals surface area (Å²) in [6, 6.07) is 8.11. The van der Waals surface area contributed by atoms with Crippen LogP contribution in [0, 0.1) is 5.92 Å². The second-order valence-electron chi connectivity index (χ2n) is 4.23. The number of hydrogen-bond acceptors (Lipinski definition) is 3. The summed E-state index contributed by atoms with van der Waals surface area (Å²) in [7, 11) is -3.47. The Balaban J connectivity index is 2.78. The maximum absolute atomic E-state index is 11.9. The summed E-state index contributed by atoms with van der Waals surface area (Å²) in [5.74, 6) is -0.771. The van der Waals surface area contributed by atoms with Crippen molar-refractivity contribution in [3.63, 3.8) is 0 Å². The van der Waals surface area contributed by atoms with Crippen LogP contribution in [0.15, 0.2) is 35.2 Å². The standard InChI is InChI=1S/C13H18O3S/c1-3-7-11(2)13(14)10-17(15,16)12-8-5-4-6-9-12/h4-6,8-9,11H,3,7,10H2,1-2H3/t11-/m1/s1. The molecule has 3 nitrogen and oxygen atoms in total. The van der Waals surface area contributed by atoms with Crippen LogP contribution in [0.4, 0.5) is 0 Å². The van der Waals surface area contributed by atoms with E-state index in [0.717, 1.165) is 12.8 Å². The summed E-state index contributed by atoms with van der Waals surface area (Å²) in [4.78, 5) is 12.0. The van der Waals surface area contributed by atoms with Crippen LogP contribution in [-0.2, 0) is 14.6 Å². The minimum Gasteiger partial charge on any atom is -0.298 e. The molecule has 1 aromatic rings. The second kappa shape index (κ2) is 5.96. The van der Waals surface area contributed by atoms with E-state index in [1.165, 1.54) is 12.1 Å². The quantitative estimate of drug-likeness (QED) is 0.783. The highest BCUT2D eigenvalue weighted by Gasteiger charge is 2.22. The third kappa shape index (κ3) is 3.97. The normalized spacial score (nSPS) is 13.3. The molecular weight excluding hydrogens is 236 g/mol. The van der Waals surface area contributed by atoms with Crippen molar-refractivity contribution in [3.8, 4) is 0 Å². The van der Waals surface area contributed by atoms with Crippen LogP contribution in [0.1, 0.15) is 26.7 Å². The number of carbonyl (C=O) groups excluding carboxylic acids is 1. The number of hydrogen-bond donors (Lipinski definition) is 0. The van der Waals surface area contributed by atoms with Gasteiger partial charge in [-0.2, -0.15) is 0 Å². The molecule has 0 bridgehead atoms. The van der Waals surface area contributed by atoms with Crippen molar-refractivity contribution in [1.29, 1.82) is 0 Å². The van der Waals surface area contributed by atoms with Gasteiger partial charge in [0.1, 0.15) is 5.75 Å². The lowest BCUT2D eigenvalue weighted by Gasteiger charge is -2.09. The lowest BCUT2D eigenvalue weighted by atomic mass is 10.0. The summed E-state index contributed by atoms with van der Waals surface area (Å²) in [5, 5.41) is 0. The second-order valence-corrected chi connectivity index (χ2v) is 6.22.